The van der Waals surface area contributed by atoms with E-state index in [1.54, 1.807) is 0 Å². The quantitative estimate of drug-likeness (QED) is 0.357. The Morgan fingerprint density at radius 3 is 2.77 bits per heavy atom. The van der Waals surface area contributed by atoms with Crippen LogP contribution in [0.3, 0.4) is 0 Å². The summed E-state index contributed by atoms with van der Waals surface area (Å²) in [6, 6.07) is 0. The maximum atomic E-state index is 10.6. The number of esters is 1. The Morgan fingerprint density at radius 1 is 1.62 bits per heavy atom. The van der Waals surface area contributed by atoms with Crippen LogP contribution >= 0.6 is 0 Å². The minimum absolute atomic E-state index is 0.180. The Morgan fingerprint density at radius 2 is 2.31 bits per heavy atom. The molecule has 0 aromatic heterocycles. The zero-order valence-electron chi connectivity index (χ0n) is 7.75. The molecular formula is C9H14O4. The molecule has 0 aromatic carbocycles. The van der Waals surface area contributed by atoms with E-state index in [4.69, 9.17) is 14.2 Å². The zero-order chi connectivity index (χ0) is 9.73. The highest BCUT2D eigenvalue weighted by Gasteiger charge is 2.34. The average Bonchev–Trinajstić information content (AvgIpc) is 2.09. The van der Waals surface area contributed by atoms with Gasteiger partial charge in [0.25, 0.3) is 0 Å². The van der Waals surface area contributed by atoms with Gasteiger partial charge in [-0.3, -0.25) is 0 Å². The van der Waals surface area contributed by atoms with Crippen LogP contribution in [0.15, 0.2) is 12.7 Å². The maximum Gasteiger partial charge on any atom is 0.330 e. The summed E-state index contributed by atoms with van der Waals surface area (Å²) in [6.07, 6.45) is 1.13. The number of carbonyl (C=O) groups is 1. The van der Waals surface area contributed by atoms with Crippen molar-refractivity contribution in [2.24, 2.45) is 0 Å². The van der Waals surface area contributed by atoms with Gasteiger partial charge >= 0.3 is 5.97 Å². The standard InChI is InChI=1S/C9H14O4/c1-3-8(10)12-4-5-13-9(2)6-11-7-9/h3H,1,4-7H2,2H3. The maximum absolute atomic E-state index is 10.6. The number of hydrogen-bond donors (Lipinski definition) is 0. The predicted molar refractivity (Wildman–Crippen MR) is 46.3 cm³/mol. The lowest BCUT2D eigenvalue weighted by Crippen LogP contribution is -2.49. The summed E-state index contributed by atoms with van der Waals surface area (Å²) >= 11 is 0. The Labute approximate surface area is 77.5 Å². The third-order valence-corrected chi connectivity index (χ3v) is 1.76. The minimum Gasteiger partial charge on any atom is -0.460 e. The van der Waals surface area contributed by atoms with E-state index in [1.807, 2.05) is 6.92 Å². The third kappa shape index (κ3) is 3.16. The number of rotatable bonds is 5. The first kappa shape index (κ1) is 10.2. The summed E-state index contributed by atoms with van der Waals surface area (Å²) in [5.74, 6) is -0.418. The normalized spacial score (nSPS) is 18.8. The Balaban J connectivity index is 2.00. The van der Waals surface area contributed by atoms with E-state index in [9.17, 15) is 4.79 Å². The summed E-state index contributed by atoms with van der Waals surface area (Å²) in [6.45, 7) is 7.14. The zero-order valence-corrected chi connectivity index (χ0v) is 7.75. The van der Waals surface area contributed by atoms with Crippen molar-refractivity contribution in [3.05, 3.63) is 12.7 Å². The predicted octanol–water partition coefficient (Wildman–Crippen LogP) is 0.521. The lowest BCUT2D eigenvalue weighted by Gasteiger charge is -2.37. The summed E-state index contributed by atoms with van der Waals surface area (Å²) in [4.78, 5) is 10.6. The van der Waals surface area contributed by atoms with Gasteiger partial charge in [0.2, 0.25) is 0 Å². The highest BCUT2D eigenvalue weighted by atomic mass is 16.6. The fourth-order valence-corrected chi connectivity index (χ4v) is 0.962. The van der Waals surface area contributed by atoms with Crippen molar-refractivity contribution in [2.45, 2.75) is 12.5 Å². The molecule has 0 saturated carbocycles. The van der Waals surface area contributed by atoms with Crippen LogP contribution in [-0.4, -0.2) is 38.0 Å². The molecule has 0 unspecified atom stereocenters. The second-order valence-corrected chi connectivity index (χ2v) is 3.16. The monoisotopic (exact) mass is 186 g/mol. The molecule has 4 nitrogen and oxygen atoms in total. The molecule has 0 aliphatic carbocycles. The smallest absolute Gasteiger partial charge is 0.330 e. The molecule has 1 saturated heterocycles. The number of ether oxygens (including phenoxy) is 3. The van der Waals surface area contributed by atoms with Crippen LogP contribution in [0.4, 0.5) is 0 Å². The van der Waals surface area contributed by atoms with Crippen LogP contribution in [0.5, 0.6) is 0 Å². The largest absolute Gasteiger partial charge is 0.460 e. The van der Waals surface area contributed by atoms with Crippen LogP contribution in [-0.2, 0) is 19.0 Å². The summed E-state index contributed by atoms with van der Waals surface area (Å²) in [5.41, 5.74) is -0.180. The first-order valence-corrected chi connectivity index (χ1v) is 4.17. The molecule has 1 aliphatic heterocycles. The molecule has 4 heteroatoms. The van der Waals surface area contributed by atoms with Gasteiger partial charge in [0.05, 0.1) is 19.8 Å². The molecule has 1 fully saturated rings. The van der Waals surface area contributed by atoms with Crippen molar-refractivity contribution < 1.29 is 19.0 Å². The van der Waals surface area contributed by atoms with Crippen molar-refractivity contribution in [1.82, 2.24) is 0 Å². The lowest BCUT2D eigenvalue weighted by atomic mass is 10.1. The second kappa shape index (κ2) is 4.39. The van der Waals surface area contributed by atoms with Crippen molar-refractivity contribution in [2.75, 3.05) is 26.4 Å². The van der Waals surface area contributed by atoms with E-state index >= 15 is 0 Å². The molecule has 0 radical (unpaired) electrons. The number of carbonyl (C=O) groups excluding carboxylic acids is 1. The number of hydrogen-bond acceptors (Lipinski definition) is 4. The molecule has 0 spiro atoms. The van der Waals surface area contributed by atoms with Gasteiger partial charge in [-0.2, -0.15) is 0 Å². The Bertz CT molecular complexity index is 196. The molecule has 1 aliphatic rings. The van der Waals surface area contributed by atoms with Crippen LogP contribution < -0.4 is 0 Å². The van der Waals surface area contributed by atoms with Gasteiger partial charge in [-0.05, 0) is 6.92 Å². The fourth-order valence-electron chi connectivity index (χ4n) is 0.962. The van der Waals surface area contributed by atoms with E-state index in [1.165, 1.54) is 0 Å². The van der Waals surface area contributed by atoms with Gasteiger partial charge in [-0.15, -0.1) is 0 Å². The van der Waals surface area contributed by atoms with Crippen molar-refractivity contribution in [1.29, 1.82) is 0 Å². The van der Waals surface area contributed by atoms with Gasteiger partial charge in [0.1, 0.15) is 12.2 Å². The van der Waals surface area contributed by atoms with E-state index in [0.717, 1.165) is 6.08 Å². The summed E-state index contributed by atoms with van der Waals surface area (Å²) in [5, 5.41) is 0. The van der Waals surface area contributed by atoms with Crippen molar-refractivity contribution in [3.8, 4) is 0 Å². The van der Waals surface area contributed by atoms with Gasteiger partial charge in [-0.25, -0.2) is 4.79 Å². The van der Waals surface area contributed by atoms with E-state index in [-0.39, 0.29) is 12.2 Å². The van der Waals surface area contributed by atoms with Crippen LogP contribution in [0, 0.1) is 0 Å². The first-order chi connectivity index (χ1) is 6.16. The average molecular weight is 186 g/mol. The molecule has 0 aromatic rings. The van der Waals surface area contributed by atoms with Crippen molar-refractivity contribution in [3.63, 3.8) is 0 Å². The molecule has 0 N–H and O–H groups in total. The molecule has 13 heavy (non-hydrogen) atoms. The molecule has 0 amide bonds. The minimum atomic E-state index is -0.418. The van der Waals surface area contributed by atoms with Crippen LogP contribution in [0.2, 0.25) is 0 Å². The topological polar surface area (TPSA) is 44.8 Å². The van der Waals surface area contributed by atoms with E-state index < -0.39 is 5.97 Å². The molecule has 0 bridgehead atoms. The summed E-state index contributed by atoms with van der Waals surface area (Å²) < 4.78 is 15.1. The highest BCUT2D eigenvalue weighted by Crippen LogP contribution is 2.20. The summed E-state index contributed by atoms with van der Waals surface area (Å²) in [7, 11) is 0. The highest BCUT2D eigenvalue weighted by molar-refractivity contribution is 5.81. The van der Waals surface area contributed by atoms with Crippen LogP contribution in [0.25, 0.3) is 0 Å². The van der Waals surface area contributed by atoms with Crippen molar-refractivity contribution >= 4 is 5.97 Å². The fraction of sp³-hybridized carbons (Fsp3) is 0.667. The second-order valence-electron chi connectivity index (χ2n) is 3.16. The molecule has 0 atom stereocenters. The third-order valence-electron chi connectivity index (χ3n) is 1.76. The molecule has 74 valence electrons. The van der Waals surface area contributed by atoms with Gasteiger partial charge in [0, 0.05) is 6.08 Å². The van der Waals surface area contributed by atoms with E-state index in [2.05, 4.69) is 6.58 Å². The molecule has 1 rings (SSSR count). The molecule has 1 heterocycles. The Hall–Kier alpha value is -0.870. The van der Waals surface area contributed by atoms with Gasteiger partial charge in [-0.1, -0.05) is 6.58 Å². The Kier molecular flexibility index (Phi) is 3.45. The SMILES string of the molecule is C=CC(=O)OCCOC1(C)COC1. The van der Waals surface area contributed by atoms with Crippen LogP contribution in [0.1, 0.15) is 6.92 Å². The molecular weight excluding hydrogens is 172 g/mol. The van der Waals surface area contributed by atoms with Gasteiger partial charge in [0.15, 0.2) is 0 Å². The lowest BCUT2D eigenvalue weighted by molar-refractivity contribution is -0.203. The van der Waals surface area contributed by atoms with E-state index in [0.29, 0.717) is 19.8 Å². The first-order valence-electron chi connectivity index (χ1n) is 4.17. The van der Waals surface area contributed by atoms with Gasteiger partial charge < -0.3 is 14.2 Å².